The molecule has 36 heavy (non-hydrogen) atoms. The second kappa shape index (κ2) is 14.5. The van der Waals surface area contributed by atoms with Gasteiger partial charge in [-0.05, 0) is 56.0 Å². The van der Waals surface area contributed by atoms with E-state index >= 15 is 0 Å². The third-order valence-corrected chi connectivity index (χ3v) is 6.91. The van der Waals surface area contributed by atoms with Crippen LogP contribution in [0.1, 0.15) is 52.0 Å². The van der Waals surface area contributed by atoms with Crippen molar-refractivity contribution in [2.75, 3.05) is 30.3 Å². The molecule has 2 amide bonds. The fraction of sp³-hybridized carbons (Fsp3) is 0.481. The van der Waals surface area contributed by atoms with Crippen molar-refractivity contribution in [2.24, 2.45) is 0 Å². The number of amides is 2. The van der Waals surface area contributed by atoms with Crippen molar-refractivity contribution in [3.8, 4) is 5.75 Å². The van der Waals surface area contributed by atoms with Crippen LogP contribution in [0.2, 0.25) is 0 Å². The van der Waals surface area contributed by atoms with Crippen LogP contribution in [0.5, 0.6) is 5.75 Å². The number of nitrogens with zero attached hydrogens (tertiary/aromatic N) is 2. The summed E-state index contributed by atoms with van der Waals surface area (Å²) in [5.41, 5.74) is 1.44. The molecule has 0 fully saturated rings. The summed E-state index contributed by atoms with van der Waals surface area (Å²) in [6.07, 6.45) is 2.88. The smallest absolute Gasteiger partial charge is 0.242 e. The first-order valence-electron chi connectivity index (χ1n) is 12.5. The number of sulfonamides is 1. The lowest BCUT2D eigenvalue weighted by atomic mass is 10.1. The van der Waals surface area contributed by atoms with Crippen LogP contribution in [0.4, 0.5) is 5.69 Å². The molecule has 1 unspecified atom stereocenters. The lowest BCUT2D eigenvalue weighted by Gasteiger charge is -2.31. The van der Waals surface area contributed by atoms with Gasteiger partial charge in [-0.1, -0.05) is 44.2 Å². The minimum atomic E-state index is -3.55. The average molecular weight is 518 g/mol. The van der Waals surface area contributed by atoms with Crippen LogP contribution in [0.15, 0.2) is 54.6 Å². The summed E-state index contributed by atoms with van der Waals surface area (Å²) in [4.78, 5) is 27.8. The highest BCUT2D eigenvalue weighted by molar-refractivity contribution is 7.92. The molecule has 2 aromatic carbocycles. The Balaban J connectivity index is 2.16. The first-order chi connectivity index (χ1) is 17.2. The zero-order chi connectivity index (χ0) is 26.6. The van der Waals surface area contributed by atoms with E-state index in [9.17, 15) is 18.0 Å². The van der Waals surface area contributed by atoms with Crippen molar-refractivity contribution in [3.05, 3.63) is 60.2 Å². The molecule has 0 aliphatic carbocycles. The van der Waals surface area contributed by atoms with E-state index in [1.165, 1.54) is 4.31 Å². The monoisotopic (exact) mass is 517 g/mol. The van der Waals surface area contributed by atoms with Crippen molar-refractivity contribution < 1.29 is 22.7 Å². The van der Waals surface area contributed by atoms with Gasteiger partial charge in [-0.25, -0.2) is 8.42 Å². The third kappa shape index (κ3) is 8.86. The van der Waals surface area contributed by atoms with Gasteiger partial charge in [-0.15, -0.1) is 0 Å². The molecule has 8 nitrogen and oxygen atoms in total. The summed E-state index contributed by atoms with van der Waals surface area (Å²) in [5.74, 6) is 0.307. The standard InChI is InChI=1S/C27H39N3O5S/c1-5-19-28-27(32)25(6-2)29(21-22-12-9-8-10-13-22)26(31)14-11-20-30(36(4,33)34)23-15-17-24(18-16-23)35-7-3/h8-10,12-13,15-18,25H,5-7,11,14,19-21H2,1-4H3,(H,28,32). The molecule has 0 aliphatic heterocycles. The van der Waals surface area contributed by atoms with E-state index in [0.29, 0.717) is 44.0 Å². The number of hydrogen-bond acceptors (Lipinski definition) is 5. The Hall–Kier alpha value is -3.07. The van der Waals surface area contributed by atoms with Crippen molar-refractivity contribution >= 4 is 27.5 Å². The van der Waals surface area contributed by atoms with Crippen molar-refractivity contribution in [1.29, 1.82) is 0 Å². The van der Waals surface area contributed by atoms with E-state index in [-0.39, 0.29) is 24.8 Å². The minimum absolute atomic E-state index is 0.118. The van der Waals surface area contributed by atoms with Crippen molar-refractivity contribution in [3.63, 3.8) is 0 Å². The van der Waals surface area contributed by atoms with E-state index in [0.717, 1.165) is 18.2 Å². The Bertz CT molecular complexity index is 1060. The van der Waals surface area contributed by atoms with Gasteiger partial charge in [0.1, 0.15) is 11.8 Å². The summed E-state index contributed by atoms with van der Waals surface area (Å²) < 4.78 is 31.7. The summed E-state index contributed by atoms with van der Waals surface area (Å²) in [7, 11) is -3.55. The zero-order valence-electron chi connectivity index (χ0n) is 21.8. The molecule has 1 N–H and O–H groups in total. The molecule has 2 rings (SSSR count). The van der Waals surface area contributed by atoms with Gasteiger partial charge in [0.25, 0.3) is 0 Å². The van der Waals surface area contributed by atoms with Gasteiger partial charge in [0.05, 0.1) is 18.6 Å². The van der Waals surface area contributed by atoms with Gasteiger partial charge in [0.2, 0.25) is 21.8 Å². The van der Waals surface area contributed by atoms with Crippen LogP contribution in [-0.4, -0.2) is 57.1 Å². The number of carbonyl (C=O) groups excluding carboxylic acids is 2. The van der Waals surface area contributed by atoms with Crippen molar-refractivity contribution in [1.82, 2.24) is 10.2 Å². The van der Waals surface area contributed by atoms with Crippen LogP contribution in [-0.2, 0) is 26.2 Å². The molecule has 2 aromatic rings. The molecule has 0 spiro atoms. The van der Waals surface area contributed by atoms with Gasteiger partial charge in [-0.3, -0.25) is 13.9 Å². The number of carbonyl (C=O) groups is 2. The van der Waals surface area contributed by atoms with E-state index < -0.39 is 16.1 Å². The molecule has 0 bridgehead atoms. The van der Waals surface area contributed by atoms with Gasteiger partial charge in [-0.2, -0.15) is 0 Å². The quantitative estimate of drug-likeness (QED) is 0.386. The van der Waals surface area contributed by atoms with Crippen LogP contribution in [0.25, 0.3) is 0 Å². The largest absolute Gasteiger partial charge is 0.494 e. The molecule has 198 valence electrons. The van der Waals surface area contributed by atoms with Crippen LogP contribution in [0, 0.1) is 0 Å². The number of anilines is 1. The Morgan fingerprint density at radius 1 is 1.00 bits per heavy atom. The number of benzene rings is 2. The fourth-order valence-corrected chi connectivity index (χ4v) is 4.91. The van der Waals surface area contributed by atoms with E-state index in [1.54, 1.807) is 29.2 Å². The van der Waals surface area contributed by atoms with Gasteiger partial charge < -0.3 is 15.0 Å². The fourth-order valence-electron chi connectivity index (χ4n) is 3.94. The second-order valence-corrected chi connectivity index (χ2v) is 10.5. The molecule has 0 heterocycles. The Labute approximate surface area is 215 Å². The molecule has 0 saturated carbocycles. The summed E-state index contributed by atoms with van der Waals surface area (Å²) in [5, 5.41) is 2.90. The van der Waals surface area contributed by atoms with Gasteiger partial charge >= 0.3 is 0 Å². The topological polar surface area (TPSA) is 96.0 Å². The van der Waals surface area contributed by atoms with Crippen molar-refractivity contribution in [2.45, 2.75) is 59.0 Å². The van der Waals surface area contributed by atoms with E-state index in [4.69, 9.17) is 4.74 Å². The molecule has 0 aliphatic rings. The average Bonchev–Trinajstić information content (AvgIpc) is 2.86. The van der Waals surface area contributed by atoms with Crippen LogP contribution < -0.4 is 14.4 Å². The lowest BCUT2D eigenvalue weighted by Crippen LogP contribution is -2.49. The predicted octanol–water partition coefficient (Wildman–Crippen LogP) is 3.97. The molecule has 0 radical (unpaired) electrons. The number of hydrogen-bond donors (Lipinski definition) is 1. The molecule has 9 heteroatoms. The summed E-state index contributed by atoms with van der Waals surface area (Å²) in [6.45, 7) is 7.28. The first kappa shape index (κ1) is 29.2. The van der Waals surface area contributed by atoms with Gasteiger partial charge in [0.15, 0.2) is 0 Å². The predicted molar refractivity (Wildman–Crippen MR) is 143 cm³/mol. The molecule has 0 aromatic heterocycles. The highest BCUT2D eigenvalue weighted by Crippen LogP contribution is 2.23. The Morgan fingerprint density at radius 3 is 2.22 bits per heavy atom. The molecule has 1 atom stereocenters. The normalized spacial score (nSPS) is 12.0. The maximum absolute atomic E-state index is 13.4. The zero-order valence-corrected chi connectivity index (χ0v) is 22.6. The Morgan fingerprint density at radius 2 is 1.67 bits per heavy atom. The Kier molecular flexibility index (Phi) is 11.7. The summed E-state index contributed by atoms with van der Waals surface area (Å²) >= 11 is 0. The van der Waals surface area contributed by atoms with Crippen LogP contribution >= 0.6 is 0 Å². The third-order valence-electron chi connectivity index (χ3n) is 5.72. The van der Waals surface area contributed by atoms with Gasteiger partial charge in [0, 0.05) is 26.1 Å². The van der Waals surface area contributed by atoms with E-state index in [1.807, 2.05) is 51.1 Å². The summed E-state index contributed by atoms with van der Waals surface area (Å²) in [6, 6.07) is 15.8. The lowest BCUT2D eigenvalue weighted by molar-refractivity contribution is -0.141. The first-order valence-corrected chi connectivity index (χ1v) is 14.4. The molecular weight excluding hydrogens is 478 g/mol. The minimum Gasteiger partial charge on any atom is -0.494 e. The van der Waals surface area contributed by atoms with Crippen LogP contribution in [0.3, 0.4) is 0 Å². The maximum Gasteiger partial charge on any atom is 0.242 e. The molecular formula is C27H39N3O5S. The SMILES string of the molecule is CCCNC(=O)C(CC)N(Cc1ccccc1)C(=O)CCCN(c1ccc(OCC)cc1)S(C)(=O)=O. The second-order valence-electron chi connectivity index (χ2n) is 8.59. The number of rotatable bonds is 15. The maximum atomic E-state index is 13.4. The highest BCUT2D eigenvalue weighted by atomic mass is 32.2. The van der Waals surface area contributed by atoms with E-state index in [2.05, 4.69) is 5.32 Å². The molecule has 0 saturated heterocycles. The number of nitrogens with one attached hydrogen (secondary N) is 1. The number of ether oxygens (including phenoxy) is 1. The highest BCUT2D eigenvalue weighted by Gasteiger charge is 2.28.